The summed E-state index contributed by atoms with van der Waals surface area (Å²) >= 11 is 0. The molecule has 7 heteroatoms. The molecule has 0 spiro atoms. The number of fused-ring (bicyclic) bond motifs is 1. The van der Waals surface area contributed by atoms with Crippen molar-refractivity contribution in [1.29, 1.82) is 0 Å². The molecule has 0 unspecified atom stereocenters. The van der Waals surface area contributed by atoms with Crippen LogP contribution in [0.3, 0.4) is 0 Å². The van der Waals surface area contributed by atoms with Crippen LogP contribution in [-0.2, 0) is 18.4 Å². The molecule has 3 heterocycles. The van der Waals surface area contributed by atoms with Crippen molar-refractivity contribution in [2.75, 3.05) is 0 Å². The van der Waals surface area contributed by atoms with Crippen LogP contribution in [0.1, 0.15) is 82.9 Å². The van der Waals surface area contributed by atoms with Gasteiger partial charge < -0.3 is 9.09 Å². The maximum atomic E-state index is 5.42. The predicted octanol–water partition coefficient (Wildman–Crippen LogP) is 2.71. The van der Waals surface area contributed by atoms with Gasteiger partial charge in [-0.3, -0.25) is 5.32 Å². The van der Waals surface area contributed by atoms with Crippen LogP contribution in [0.4, 0.5) is 0 Å². The highest BCUT2D eigenvalue weighted by Gasteiger charge is 2.26. The van der Waals surface area contributed by atoms with Crippen molar-refractivity contribution in [1.82, 2.24) is 30.2 Å². The molecule has 2 atom stereocenters. The first-order valence-corrected chi connectivity index (χ1v) is 8.38. The summed E-state index contributed by atoms with van der Waals surface area (Å²) in [6, 6.07) is 0.0412. The molecule has 0 bridgehead atoms. The van der Waals surface area contributed by atoms with Crippen LogP contribution in [0.25, 0.3) is 0 Å². The first-order valence-electron chi connectivity index (χ1n) is 8.38. The van der Waals surface area contributed by atoms with Gasteiger partial charge in [-0.05, 0) is 26.7 Å². The normalized spacial score (nSPS) is 17.8. The summed E-state index contributed by atoms with van der Waals surface area (Å²) in [5.41, 5.74) is -0.112. The van der Waals surface area contributed by atoms with Crippen LogP contribution >= 0.6 is 0 Å². The zero-order chi connectivity index (χ0) is 16.6. The molecule has 23 heavy (non-hydrogen) atoms. The molecule has 1 N–H and O–H groups in total. The fraction of sp³-hybridized carbons (Fsp3) is 0.750. The topological polar surface area (TPSA) is 81.7 Å². The summed E-state index contributed by atoms with van der Waals surface area (Å²) in [5, 5.41) is 16.3. The number of nitrogens with zero attached hydrogens (tertiary/aromatic N) is 5. The number of nitrogens with one attached hydrogen (secondary N) is 1. The van der Waals surface area contributed by atoms with E-state index in [1.807, 2.05) is 6.92 Å². The number of hydrogen-bond donors (Lipinski definition) is 1. The zero-order valence-corrected chi connectivity index (χ0v) is 14.6. The molecule has 0 aromatic carbocycles. The van der Waals surface area contributed by atoms with Gasteiger partial charge in [-0.25, -0.2) is 0 Å². The number of aryl methyl sites for hydroxylation is 1. The summed E-state index contributed by atoms with van der Waals surface area (Å²) in [6.07, 6.45) is 3.42. The molecule has 2 aromatic rings. The second-order valence-corrected chi connectivity index (χ2v) is 7.40. The molecule has 3 rings (SSSR count). The Kier molecular flexibility index (Phi) is 4.23. The number of aromatic nitrogens is 5. The molecule has 1 aliphatic rings. The third-order valence-electron chi connectivity index (χ3n) is 4.26. The lowest BCUT2D eigenvalue weighted by Crippen LogP contribution is -2.26. The Balaban J connectivity index is 1.71. The van der Waals surface area contributed by atoms with Crippen LogP contribution in [0.15, 0.2) is 4.52 Å². The van der Waals surface area contributed by atoms with Gasteiger partial charge in [0.25, 0.3) is 0 Å². The Labute approximate surface area is 136 Å². The molecule has 0 amide bonds. The van der Waals surface area contributed by atoms with E-state index in [0.29, 0.717) is 5.89 Å². The van der Waals surface area contributed by atoms with Crippen molar-refractivity contribution in [3.05, 3.63) is 23.4 Å². The molecule has 126 valence electrons. The second-order valence-electron chi connectivity index (χ2n) is 7.40. The summed E-state index contributed by atoms with van der Waals surface area (Å²) in [7, 11) is 0. The highest BCUT2D eigenvalue weighted by molar-refractivity contribution is 5.05. The van der Waals surface area contributed by atoms with E-state index in [4.69, 9.17) is 4.52 Å². The SMILES string of the molecule is C[C@H](N[C@H](C)c1nnc2n1CCCC2)c1nc(C(C)(C)C)no1. The molecular formula is C16H26N6O. The molecule has 0 aliphatic carbocycles. The van der Waals surface area contributed by atoms with Gasteiger partial charge in [0, 0.05) is 18.4 Å². The molecular weight excluding hydrogens is 292 g/mol. The van der Waals surface area contributed by atoms with E-state index < -0.39 is 0 Å². The highest BCUT2D eigenvalue weighted by atomic mass is 16.5. The van der Waals surface area contributed by atoms with Gasteiger partial charge in [0.2, 0.25) is 5.89 Å². The Hall–Kier alpha value is -1.76. The lowest BCUT2D eigenvalue weighted by atomic mass is 9.96. The second kappa shape index (κ2) is 6.03. The monoisotopic (exact) mass is 318 g/mol. The fourth-order valence-electron chi connectivity index (χ4n) is 2.89. The summed E-state index contributed by atoms with van der Waals surface area (Å²) in [5.74, 6) is 3.43. The van der Waals surface area contributed by atoms with Crippen LogP contribution in [0.2, 0.25) is 0 Å². The summed E-state index contributed by atoms with van der Waals surface area (Å²) < 4.78 is 7.66. The maximum absolute atomic E-state index is 5.42. The summed E-state index contributed by atoms with van der Waals surface area (Å²) in [4.78, 5) is 4.52. The average Bonchev–Trinajstić information content (AvgIpc) is 3.14. The van der Waals surface area contributed by atoms with Gasteiger partial charge >= 0.3 is 0 Å². The van der Waals surface area contributed by atoms with Gasteiger partial charge in [-0.2, -0.15) is 4.98 Å². The van der Waals surface area contributed by atoms with E-state index >= 15 is 0 Å². The minimum absolute atomic E-state index is 0.0369. The quantitative estimate of drug-likeness (QED) is 0.933. The maximum Gasteiger partial charge on any atom is 0.243 e. The lowest BCUT2D eigenvalue weighted by molar-refractivity contribution is 0.316. The standard InChI is InChI=1S/C16H26N6O/c1-10(13-20-19-12-8-6-7-9-22(12)13)17-11(2)14-18-15(21-23-14)16(3,4)5/h10-11,17H,6-9H2,1-5H3/t10-,11+/m1/s1. The van der Waals surface area contributed by atoms with E-state index in [2.05, 4.69) is 57.9 Å². The Morgan fingerprint density at radius 1 is 1.13 bits per heavy atom. The van der Waals surface area contributed by atoms with Crippen molar-refractivity contribution in [3.63, 3.8) is 0 Å². The van der Waals surface area contributed by atoms with Gasteiger partial charge in [0.1, 0.15) is 11.6 Å². The van der Waals surface area contributed by atoms with E-state index in [-0.39, 0.29) is 17.5 Å². The largest absolute Gasteiger partial charge is 0.338 e. The number of hydrogen-bond acceptors (Lipinski definition) is 6. The first-order chi connectivity index (χ1) is 10.9. The van der Waals surface area contributed by atoms with Gasteiger partial charge in [-0.1, -0.05) is 25.9 Å². The predicted molar refractivity (Wildman–Crippen MR) is 85.9 cm³/mol. The highest BCUT2D eigenvalue weighted by Crippen LogP contribution is 2.23. The first kappa shape index (κ1) is 16.1. The summed E-state index contributed by atoms with van der Waals surface area (Å²) in [6.45, 7) is 11.4. The van der Waals surface area contributed by atoms with E-state index in [0.717, 1.165) is 30.4 Å². The molecule has 0 fully saturated rings. The van der Waals surface area contributed by atoms with Crippen LogP contribution in [0.5, 0.6) is 0 Å². The van der Waals surface area contributed by atoms with E-state index in [9.17, 15) is 0 Å². The molecule has 0 radical (unpaired) electrons. The minimum atomic E-state index is -0.112. The van der Waals surface area contributed by atoms with Crippen LogP contribution in [0, 0.1) is 0 Å². The zero-order valence-electron chi connectivity index (χ0n) is 14.6. The van der Waals surface area contributed by atoms with Crippen LogP contribution < -0.4 is 5.32 Å². The van der Waals surface area contributed by atoms with Crippen molar-refractivity contribution < 1.29 is 4.52 Å². The molecule has 1 aliphatic heterocycles. The smallest absolute Gasteiger partial charge is 0.243 e. The third kappa shape index (κ3) is 3.29. The molecule has 0 saturated heterocycles. The Morgan fingerprint density at radius 2 is 1.91 bits per heavy atom. The molecule has 0 saturated carbocycles. The van der Waals surface area contributed by atoms with Crippen LogP contribution in [-0.4, -0.2) is 24.9 Å². The minimum Gasteiger partial charge on any atom is -0.338 e. The number of rotatable bonds is 4. The Morgan fingerprint density at radius 3 is 2.61 bits per heavy atom. The lowest BCUT2D eigenvalue weighted by Gasteiger charge is -2.20. The molecule has 2 aromatic heterocycles. The van der Waals surface area contributed by atoms with Crippen molar-refractivity contribution in [2.24, 2.45) is 0 Å². The fourth-order valence-corrected chi connectivity index (χ4v) is 2.89. The van der Waals surface area contributed by atoms with E-state index in [1.54, 1.807) is 0 Å². The van der Waals surface area contributed by atoms with Gasteiger partial charge in [-0.15, -0.1) is 10.2 Å². The molecule has 7 nitrogen and oxygen atoms in total. The Bertz CT molecular complexity index is 668. The average molecular weight is 318 g/mol. The van der Waals surface area contributed by atoms with Crippen molar-refractivity contribution in [3.8, 4) is 0 Å². The van der Waals surface area contributed by atoms with Crippen molar-refractivity contribution >= 4 is 0 Å². The van der Waals surface area contributed by atoms with Crippen molar-refractivity contribution in [2.45, 2.75) is 77.9 Å². The van der Waals surface area contributed by atoms with Gasteiger partial charge in [0.15, 0.2) is 5.82 Å². The third-order valence-corrected chi connectivity index (χ3v) is 4.26. The van der Waals surface area contributed by atoms with Gasteiger partial charge in [0.05, 0.1) is 12.1 Å². The van der Waals surface area contributed by atoms with E-state index in [1.165, 1.54) is 12.8 Å².